The topological polar surface area (TPSA) is 120 Å². The highest BCUT2D eigenvalue weighted by molar-refractivity contribution is 9.10. The summed E-state index contributed by atoms with van der Waals surface area (Å²) in [6.07, 6.45) is 1.72. The second-order valence-electron chi connectivity index (χ2n) is 6.52. The molecule has 0 amide bonds. The van der Waals surface area contributed by atoms with Crippen molar-refractivity contribution >= 4 is 32.9 Å². The summed E-state index contributed by atoms with van der Waals surface area (Å²) in [5.74, 6) is -3.13. The lowest BCUT2D eigenvalue weighted by atomic mass is 10.0. The Morgan fingerprint density at radius 3 is 2.70 bits per heavy atom. The molecule has 3 heterocycles. The molecule has 0 saturated heterocycles. The number of nitrogens with zero attached hydrogens (tertiary/aromatic N) is 5. The summed E-state index contributed by atoms with van der Waals surface area (Å²) in [6, 6.07) is 8.15. The fraction of sp³-hybridized carbons (Fsp3) is 0.150. The number of aliphatic carboxylic acids is 1. The van der Waals surface area contributed by atoms with Crippen molar-refractivity contribution in [2.75, 3.05) is 0 Å². The predicted octanol–water partition coefficient (Wildman–Crippen LogP) is 4.86. The third kappa shape index (κ3) is 5.53. The van der Waals surface area contributed by atoms with Crippen molar-refractivity contribution in [3.8, 4) is 17.3 Å². The van der Waals surface area contributed by atoms with Gasteiger partial charge >= 0.3 is 12.1 Å². The van der Waals surface area contributed by atoms with Gasteiger partial charge in [0.2, 0.25) is 0 Å². The Balaban J connectivity index is 0.000000383. The minimum absolute atomic E-state index is 0.0951. The summed E-state index contributed by atoms with van der Waals surface area (Å²) >= 11 is 3.35. The maximum absolute atomic E-state index is 14.3. The molecule has 1 atom stereocenters. The van der Waals surface area contributed by atoms with E-state index in [0.29, 0.717) is 5.56 Å². The Morgan fingerprint density at radius 2 is 2.03 bits per heavy atom. The van der Waals surface area contributed by atoms with Crippen LogP contribution >= 0.6 is 15.9 Å². The number of nitrogens with one attached hydrogen (secondary N) is 1. The molecule has 8 nitrogen and oxygen atoms in total. The summed E-state index contributed by atoms with van der Waals surface area (Å²) in [5, 5.41) is 21.6. The zero-order chi connectivity index (χ0) is 24.2. The molecule has 4 rings (SSSR count). The first-order valence-corrected chi connectivity index (χ1v) is 9.85. The SMILES string of the molecule is N#CCC(c1cc(Br)ccc1F)n1cc(-c2ncnc3[nH]ccc23)cn1.O=C(O)C(F)(F)F. The van der Waals surface area contributed by atoms with Gasteiger partial charge in [0.25, 0.3) is 0 Å². The number of nitriles is 1. The predicted molar refractivity (Wildman–Crippen MR) is 111 cm³/mol. The molecule has 170 valence electrons. The Kier molecular flexibility index (Phi) is 7.07. The molecular formula is C20H13BrF4N6O2. The van der Waals surface area contributed by atoms with Gasteiger partial charge in [0, 0.05) is 33.4 Å². The second-order valence-corrected chi connectivity index (χ2v) is 7.43. The van der Waals surface area contributed by atoms with Crippen LogP contribution in [0.3, 0.4) is 0 Å². The van der Waals surface area contributed by atoms with Crippen molar-refractivity contribution in [3.63, 3.8) is 0 Å². The molecule has 3 aromatic heterocycles. The Labute approximate surface area is 191 Å². The monoisotopic (exact) mass is 524 g/mol. The van der Waals surface area contributed by atoms with Crippen molar-refractivity contribution in [3.05, 3.63) is 65.0 Å². The van der Waals surface area contributed by atoms with Crippen LogP contribution in [0.25, 0.3) is 22.3 Å². The number of halogens is 5. The maximum Gasteiger partial charge on any atom is 0.490 e. The van der Waals surface area contributed by atoms with Crippen LogP contribution in [0.1, 0.15) is 18.0 Å². The van der Waals surface area contributed by atoms with Crippen molar-refractivity contribution in [1.29, 1.82) is 5.26 Å². The molecule has 0 fully saturated rings. The Morgan fingerprint density at radius 1 is 1.30 bits per heavy atom. The minimum Gasteiger partial charge on any atom is -0.475 e. The molecule has 0 bridgehead atoms. The van der Waals surface area contributed by atoms with E-state index in [-0.39, 0.29) is 12.2 Å². The fourth-order valence-corrected chi connectivity index (χ4v) is 3.31. The van der Waals surface area contributed by atoms with Crippen molar-refractivity contribution < 1.29 is 27.5 Å². The van der Waals surface area contributed by atoms with Gasteiger partial charge in [-0.2, -0.15) is 23.5 Å². The molecule has 1 unspecified atom stereocenters. The first-order valence-electron chi connectivity index (χ1n) is 9.06. The zero-order valence-corrected chi connectivity index (χ0v) is 18.0. The van der Waals surface area contributed by atoms with Gasteiger partial charge in [0.15, 0.2) is 0 Å². The van der Waals surface area contributed by atoms with Gasteiger partial charge in [-0.3, -0.25) is 4.68 Å². The van der Waals surface area contributed by atoms with E-state index < -0.39 is 18.2 Å². The minimum atomic E-state index is -5.08. The van der Waals surface area contributed by atoms with Crippen molar-refractivity contribution in [1.82, 2.24) is 24.7 Å². The lowest BCUT2D eigenvalue weighted by Crippen LogP contribution is -2.21. The summed E-state index contributed by atoms with van der Waals surface area (Å²) in [5.41, 5.74) is 2.64. The summed E-state index contributed by atoms with van der Waals surface area (Å²) in [4.78, 5) is 20.5. The number of carboxylic acids is 1. The first-order chi connectivity index (χ1) is 15.6. The molecule has 0 radical (unpaired) electrons. The number of benzene rings is 1. The van der Waals surface area contributed by atoms with E-state index in [0.717, 1.165) is 26.8 Å². The number of aromatic nitrogens is 5. The van der Waals surface area contributed by atoms with Crippen LogP contribution in [-0.2, 0) is 4.79 Å². The number of alkyl halides is 3. The molecule has 0 saturated carbocycles. The van der Waals surface area contributed by atoms with E-state index in [2.05, 4.69) is 42.0 Å². The molecule has 1 aromatic carbocycles. The van der Waals surface area contributed by atoms with Gasteiger partial charge in [0.05, 0.1) is 30.4 Å². The third-order valence-corrected chi connectivity index (χ3v) is 4.89. The molecule has 33 heavy (non-hydrogen) atoms. The molecular weight excluding hydrogens is 512 g/mol. The van der Waals surface area contributed by atoms with Gasteiger partial charge in [-0.1, -0.05) is 15.9 Å². The molecule has 13 heteroatoms. The van der Waals surface area contributed by atoms with Crippen LogP contribution < -0.4 is 0 Å². The summed E-state index contributed by atoms with van der Waals surface area (Å²) < 4.78 is 48.4. The highest BCUT2D eigenvalue weighted by atomic mass is 79.9. The molecule has 2 N–H and O–H groups in total. The van der Waals surface area contributed by atoms with E-state index in [1.165, 1.54) is 12.4 Å². The lowest BCUT2D eigenvalue weighted by Gasteiger charge is -2.16. The number of fused-ring (bicyclic) bond motifs is 1. The van der Waals surface area contributed by atoms with Gasteiger partial charge in [0.1, 0.15) is 17.8 Å². The van der Waals surface area contributed by atoms with Crippen LogP contribution in [0.4, 0.5) is 17.6 Å². The average molecular weight is 525 g/mol. The van der Waals surface area contributed by atoms with Crippen molar-refractivity contribution in [2.45, 2.75) is 18.6 Å². The number of hydrogen-bond acceptors (Lipinski definition) is 5. The van der Waals surface area contributed by atoms with Gasteiger partial charge in [-0.15, -0.1) is 0 Å². The standard InChI is InChI=1S/C18H12BrFN6.C2HF3O2/c19-12-1-2-15(20)14(7-12)16(3-5-21)26-9-11(8-25-26)17-13-4-6-22-18(13)24-10-23-17;3-2(4,5)1(6)7/h1-2,4,6-10,16H,3H2,(H,22,23,24);(H,6,7). The van der Waals surface area contributed by atoms with E-state index in [9.17, 15) is 22.8 Å². The fourth-order valence-electron chi connectivity index (χ4n) is 2.94. The number of carboxylic acid groups (broad SMARTS) is 1. The summed E-state index contributed by atoms with van der Waals surface area (Å²) in [7, 11) is 0. The Hall–Kier alpha value is -3.79. The molecule has 4 aromatic rings. The highest BCUT2D eigenvalue weighted by Crippen LogP contribution is 2.30. The number of hydrogen-bond donors (Lipinski definition) is 2. The molecule has 0 aliphatic rings. The quantitative estimate of drug-likeness (QED) is 0.368. The second kappa shape index (κ2) is 9.78. The largest absolute Gasteiger partial charge is 0.490 e. The van der Waals surface area contributed by atoms with Crippen LogP contribution in [0.15, 0.2) is 53.7 Å². The number of aromatic amines is 1. The number of rotatable bonds is 4. The first kappa shape index (κ1) is 23.9. The van der Waals surface area contributed by atoms with Crippen LogP contribution in [0.2, 0.25) is 0 Å². The van der Waals surface area contributed by atoms with Crippen LogP contribution in [0.5, 0.6) is 0 Å². The van der Waals surface area contributed by atoms with E-state index in [4.69, 9.17) is 9.90 Å². The average Bonchev–Trinajstić information content (AvgIpc) is 3.43. The molecule has 0 spiro atoms. The van der Waals surface area contributed by atoms with Crippen molar-refractivity contribution in [2.24, 2.45) is 0 Å². The van der Waals surface area contributed by atoms with Gasteiger partial charge in [-0.05, 0) is 24.3 Å². The highest BCUT2D eigenvalue weighted by Gasteiger charge is 2.38. The molecule has 0 aliphatic heterocycles. The normalized spacial score (nSPS) is 12.0. The smallest absolute Gasteiger partial charge is 0.475 e. The number of carbonyl (C=O) groups is 1. The number of H-pyrrole nitrogens is 1. The lowest BCUT2D eigenvalue weighted by molar-refractivity contribution is -0.192. The zero-order valence-electron chi connectivity index (χ0n) is 16.4. The Bertz CT molecular complexity index is 1330. The molecule has 0 aliphatic carbocycles. The van der Waals surface area contributed by atoms with Crippen LogP contribution in [-0.4, -0.2) is 42.0 Å². The van der Waals surface area contributed by atoms with E-state index in [1.807, 2.05) is 6.07 Å². The van der Waals surface area contributed by atoms with Crippen LogP contribution in [0, 0.1) is 17.1 Å². The van der Waals surface area contributed by atoms with Gasteiger partial charge in [-0.25, -0.2) is 19.2 Å². The van der Waals surface area contributed by atoms with E-state index in [1.54, 1.807) is 35.4 Å². The third-order valence-electron chi connectivity index (χ3n) is 4.39. The van der Waals surface area contributed by atoms with E-state index >= 15 is 0 Å². The summed E-state index contributed by atoms with van der Waals surface area (Å²) in [6.45, 7) is 0. The maximum atomic E-state index is 14.3. The van der Waals surface area contributed by atoms with Gasteiger partial charge < -0.3 is 10.1 Å².